The maximum absolute atomic E-state index is 12.9. The Morgan fingerprint density at radius 3 is 2.50 bits per heavy atom. The van der Waals surface area contributed by atoms with Gasteiger partial charge in [0.05, 0.1) is 12.5 Å². The van der Waals surface area contributed by atoms with Crippen LogP contribution >= 0.6 is 11.6 Å². The van der Waals surface area contributed by atoms with Gasteiger partial charge in [-0.1, -0.05) is 23.7 Å². The Hall–Kier alpha value is -2.47. The van der Waals surface area contributed by atoms with Crippen LogP contribution in [0, 0.1) is 5.92 Å². The van der Waals surface area contributed by atoms with E-state index in [9.17, 15) is 9.59 Å². The minimum absolute atomic E-state index is 0.185. The summed E-state index contributed by atoms with van der Waals surface area (Å²) < 4.78 is 0. The van der Waals surface area contributed by atoms with E-state index in [1.807, 2.05) is 12.1 Å². The molecule has 2 heterocycles. The first-order valence-electron chi connectivity index (χ1n) is 7.63. The lowest BCUT2D eigenvalue weighted by molar-refractivity contribution is -0.141. The van der Waals surface area contributed by atoms with Crippen LogP contribution in [0.25, 0.3) is 0 Å². The molecule has 2 atom stereocenters. The number of aromatic nitrogens is 2. The lowest BCUT2D eigenvalue weighted by Gasteiger charge is -2.37. The number of amides is 1. The highest BCUT2D eigenvalue weighted by Crippen LogP contribution is 2.37. The molecule has 1 aliphatic heterocycles. The Bertz CT molecular complexity index is 737. The topological polar surface area (TPSA) is 83.4 Å². The molecule has 2 unspecified atom stereocenters. The van der Waals surface area contributed by atoms with Crippen molar-refractivity contribution in [3.8, 4) is 0 Å². The van der Waals surface area contributed by atoms with E-state index in [1.165, 1.54) is 4.90 Å². The van der Waals surface area contributed by atoms with Crippen molar-refractivity contribution in [2.75, 3.05) is 4.90 Å². The molecule has 24 heavy (non-hydrogen) atoms. The van der Waals surface area contributed by atoms with Crippen LogP contribution in [0.1, 0.15) is 30.9 Å². The van der Waals surface area contributed by atoms with Crippen LogP contribution in [0.3, 0.4) is 0 Å². The second-order valence-corrected chi connectivity index (χ2v) is 6.13. The summed E-state index contributed by atoms with van der Waals surface area (Å²) in [5, 5.41) is 9.65. The molecule has 2 aromatic rings. The van der Waals surface area contributed by atoms with Gasteiger partial charge in [0, 0.05) is 23.3 Å². The molecule has 0 bridgehead atoms. The number of carbonyl (C=O) groups excluding carboxylic acids is 1. The van der Waals surface area contributed by atoms with Crippen LogP contribution < -0.4 is 4.90 Å². The van der Waals surface area contributed by atoms with E-state index in [1.54, 1.807) is 30.6 Å². The minimum atomic E-state index is -0.979. The van der Waals surface area contributed by atoms with Crippen LogP contribution in [0.2, 0.25) is 5.02 Å². The monoisotopic (exact) mass is 345 g/mol. The van der Waals surface area contributed by atoms with Crippen molar-refractivity contribution in [3.05, 3.63) is 53.3 Å². The van der Waals surface area contributed by atoms with E-state index in [4.69, 9.17) is 16.7 Å². The molecule has 1 aliphatic rings. The second-order valence-electron chi connectivity index (χ2n) is 5.70. The molecule has 124 valence electrons. The van der Waals surface area contributed by atoms with Gasteiger partial charge in [-0.3, -0.25) is 14.5 Å². The van der Waals surface area contributed by atoms with E-state index < -0.39 is 11.9 Å². The molecule has 0 aliphatic carbocycles. The van der Waals surface area contributed by atoms with Crippen molar-refractivity contribution >= 4 is 29.4 Å². The Morgan fingerprint density at radius 1 is 1.21 bits per heavy atom. The van der Waals surface area contributed by atoms with Crippen molar-refractivity contribution in [1.29, 1.82) is 0 Å². The zero-order valence-electron chi connectivity index (χ0n) is 12.8. The number of anilines is 1. The number of carboxylic acid groups (broad SMARTS) is 1. The summed E-state index contributed by atoms with van der Waals surface area (Å²) in [7, 11) is 0. The zero-order valence-corrected chi connectivity index (χ0v) is 13.6. The maximum Gasteiger partial charge on any atom is 0.304 e. The number of hydrogen-bond donors (Lipinski definition) is 1. The van der Waals surface area contributed by atoms with Gasteiger partial charge in [-0.25, -0.2) is 9.97 Å². The number of halogens is 1. The Morgan fingerprint density at radius 2 is 1.88 bits per heavy atom. The average molecular weight is 346 g/mol. The molecule has 6 nitrogen and oxygen atoms in total. The number of carboxylic acids is 1. The molecule has 1 aromatic heterocycles. The van der Waals surface area contributed by atoms with Crippen LogP contribution in [-0.2, 0) is 9.59 Å². The van der Waals surface area contributed by atoms with Crippen molar-refractivity contribution in [2.45, 2.75) is 25.3 Å². The number of piperidine rings is 1. The quantitative estimate of drug-likeness (QED) is 0.920. The highest BCUT2D eigenvalue weighted by molar-refractivity contribution is 6.30. The van der Waals surface area contributed by atoms with E-state index >= 15 is 0 Å². The molecule has 0 saturated carbocycles. The Balaban J connectivity index is 1.97. The van der Waals surface area contributed by atoms with Gasteiger partial charge in [0.15, 0.2) is 0 Å². The van der Waals surface area contributed by atoms with Gasteiger partial charge in [0.2, 0.25) is 11.9 Å². The molecular weight excluding hydrogens is 330 g/mol. The third-order valence-electron chi connectivity index (χ3n) is 4.13. The van der Waals surface area contributed by atoms with Crippen LogP contribution in [0.5, 0.6) is 0 Å². The van der Waals surface area contributed by atoms with Gasteiger partial charge >= 0.3 is 5.97 Å². The number of rotatable bonds is 4. The Labute approximate surface area is 144 Å². The lowest BCUT2D eigenvalue weighted by Crippen LogP contribution is -2.45. The molecular formula is C17H16ClN3O3. The van der Waals surface area contributed by atoms with Crippen LogP contribution in [0.15, 0.2) is 42.7 Å². The molecule has 1 fully saturated rings. The standard InChI is InChI=1S/C17H16ClN3O3/c18-13-5-2-11(3-6-13)14-7-4-12(10-15(22)23)16(24)21(14)17-19-8-1-9-20-17/h1-3,5-6,8-9,12,14H,4,7,10H2,(H,22,23). The molecule has 1 N–H and O–H groups in total. The molecule has 1 saturated heterocycles. The third kappa shape index (κ3) is 3.38. The summed E-state index contributed by atoms with van der Waals surface area (Å²) in [5.74, 6) is -1.51. The molecule has 7 heteroatoms. The third-order valence-corrected chi connectivity index (χ3v) is 4.38. The van der Waals surface area contributed by atoms with E-state index in [-0.39, 0.29) is 24.3 Å². The number of benzene rings is 1. The lowest BCUT2D eigenvalue weighted by atomic mass is 9.86. The molecule has 3 rings (SSSR count). The predicted molar refractivity (Wildman–Crippen MR) is 88.7 cm³/mol. The number of aliphatic carboxylic acids is 1. The highest BCUT2D eigenvalue weighted by atomic mass is 35.5. The Kier molecular flexibility index (Phi) is 4.76. The summed E-state index contributed by atoms with van der Waals surface area (Å²) in [4.78, 5) is 33.8. The summed E-state index contributed by atoms with van der Waals surface area (Å²) in [6.45, 7) is 0. The molecule has 0 spiro atoms. The summed E-state index contributed by atoms with van der Waals surface area (Å²) in [6, 6.07) is 8.72. The van der Waals surface area contributed by atoms with E-state index in [2.05, 4.69) is 9.97 Å². The number of hydrogen-bond acceptors (Lipinski definition) is 4. The number of carbonyl (C=O) groups is 2. The average Bonchev–Trinajstić information content (AvgIpc) is 2.58. The first-order valence-corrected chi connectivity index (χ1v) is 8.01. The maximum atomic E-state index is 12.9. The van der Waals surface area contributed by atoms with Crippen molar-refractivity contribution in [2.24, 2.45) is 5.92 Å². The summed E-state index contributed by atoms with van der Waals surface area (Å²) in [6.07, 6.45) is 4.10. The molecule has 1 aromatic carbocycles. The summed E-state index contributed by atoms with van der Waals surface area (Å²) in [5.41, 5.74) is 0.925. The van der Waals surface area contributed by atoms with E-state index in [0.29, 0.717) is 17.9 Å². The fourth-order valence-electron chi connectivity index (χ4n) is 3.02. The normalized spacial score (nSPS) is 20.9. The first-order chi connectivity index (χ1) is 11.6. The second kappa shape index (κ2) is 6.97. The fraction of sp³-hybridized carbons (Fsp3) is 0.294. The van der Waals surface area contributed by atoms with Gasteiger partial charge in [0.25, 0.3) is 0 Å². The van der Waals surface area contributed by atoms with E-state index in [0.717, 1.165) is 5.56 Å². The smallest absolute Gasteiger partial charge is 0.304 e. The van der Waals surface area contributed by atoms with Gasteiger partial charge < -0.3 is 5.11 Å². The van der Waals surface area contributed by atoms with Crippen LogP contribution in [-0.4, -0.2) is 27.0 Å². The minimum Gasteiger partial charge on any atom is -0.481 e. The van der Waals surface area contributed by atoms with Gasteiger partial charge in [0.1, 0.15) is 0 Å². The first kappa shape index (κ1) is 16.4. The van der Waals surface area contributed by atoms with Crippen LogP contribution in [0.4, 0.5) is 5.95 Å². The van der Waals surface area contributed by atoms with Gasteiger partial charge in [-0.15, -0.1) is 0 Å². The van der Waals surface area contributed by atoms with Gasteiger partial charge in [-0.05, 0) is 36.6 Å². The predicted octanol–water partition coefficient (Wildman–Crippen LogP) is 3.09. The van der Waals surface area contributed by atoms with Crippen molar-refractivity contribution in [3.63, 3.8) is 0 Å². The molecule has 0 radical (unpaired) electrons. The fourth-order valence-corrected chi connectivity index (χ4v) is 3.14. The van der Waals surface area contributed by atoms with Crippen molar-refractivity contribution < 1.29 is 14.7 Å². The number of nitrogens with zero attached hydrogens (tertiary/aromatic N) is 3. The zero-order chi connectivity index (χ0) is 17.1. The summed E-state index contributed by atoms with van der Waals surface area (Å²) >= 11 is 5.94. The van der Waals surface area contributed by atoms with Crippen molar-refractivity contribution in [1.82, 2.24) is 9.97 Å². The van der Waals surface area contributed by atoms with Gasteiger partial charge in [-0.2, -0.15) is 0 Å². The highest BCUT2D eigenvalue weighted by Gasteiger charge is 2.39. The largest absolute Gasteiger partial charge is 0.481 e. The molecule has 1 amide bonds. The SMILES string of the molecule is O=C(O)CC1CCC(c2ccc(Cl)cc2)N(c2ncccn2)C1=O.